The quantitative estimate of drug-likeness (QED) is 0.780. The van der Waals surface area contributed by atoms with Crippen molar-refractivity contribution in [3.8, 4) is 0 Å². The molecule has 0 spiro atoms. The van der Waals surface area contributed by atoms with Gasteiger partial charge in [-0.15, -0.1) is 0 Å². The van der Waals surface area contributed by atoms with Crippen molar-refractivity contribution in [2.24, 2.45) is 5.92 Å². The van der Waals surface area contributed by atoms with Gasteiger partial charge < -0.3 is 15.7 Å². The summed E-state index contributed by atoms with van der Waals surface area (Å²) >= 11 is 0. The first-order valence-electron chi connectivity index (χ1n) is 7.43. The Morgan fingerprint density at radius 1 is 1.38 bits per heavy atom. The average molecular weight is 286 g/mol. The zero-order valence-corrected chi connectivity index (χ0v) is 12.3. The van der Waals surface area contributed by atoms with E-state index in [0.29, 0.717) is 12.5 Å². The van der Waals surface area contributed by atoms with Gasteiger partial charge in [-0.1, -0.05) is 29.8 Å². The fourth-order valence-corrected chi connectivity index (χ4v) is 2.65. The number of aryl methyl sites for hydroxylation is 1. The number of fused-ring (bicyclic) bond motifs is 1. The molecular formula is C16H22N4O. The highest BCUT2D eigenvalue weighted by Crippen LogP contribution is 2.16. The molecule has 0 unspecified atom stereocenters. The number of aromatic nitrogens is 2. The van der Waals surface area contributed by atoms with Crippen LogP contribution in [-0.2, 0) is 6.54 Å². The van der Waals surface area contributed by atoms with Crippen molar-refractivity contribution in [3.05, 3.63) is 47.7 Å². The molecule has 0 bridgehead atoms. The first kappa shape index (κ1) is 14.1. The summed E-state index contributed by atoms with van der Waals surface area (Å²) in [6.45, 7) is 5.36. The van der Waals surface area contributed by atoms with Crippen molar-refractivity contribution in [2.75, 3.05) is 25.0 Å². The standard InChI is InChI=1S/C16H22N4O/c1-12-2-4-14(5-3-12)15(21)10-17-8-13-9-18-16-6-7-19-20(16)11-13/h2-7,13,15,17-18,21H,8-11H2,1H3/t13-,15-/m1/s1. The lowest BCUT2D eigenvalue weighted by Crippen LogP contribution is -2.36. The van der Waals surface area contributed by atoms with E-state index in [-0.39, 0.29) is 0 Å². The van der Waals surface area contributed by atoms with Gasteiger partial charge in [0.25, 0.3) is 0 Å². The minimum absolute atomic E-state index is 0.456. The normalized spacial score (nSPS) is 18.9. The van der Waals surface area contributed by atoms with E-state index in [1.807, 2.05) is 48.1 Å². The average Bonchev–Trinajstić information content (AvgIpc) is 2.95. The Balaban J connectivity index is 1.45. The minimum Gasteiger partial charge on any atom is -0.387 e. The predicted molar refractivity (Wildman–Crippen MR) is 83.2 cm³/mol. The number of rotatable bonds is 5. The molecule has 0 fully saturated rings. The Kier molecular flexibility index (Phi) is 4.22. The van der Waals surface area contributed by atoms with Gasteiger partial charge in [0.1, 0.15) is 5.82 Å². The van der Waals surface area contributed by atoms with E-state index in [4.69, 9.17) is 0 Å². The molecule has 0 radical (unpaired) electrons. The molecule has 2 aromatic rings. The number of nitrogens with zero attached hydrogens (tertiary/aromatic N) is 2. The van der Waals surface area contributed by atoms with Crippen molar-refractivity contribution >= 4 is 5.82 Å². The molecule has 112 valence electrons. The zero-order valence-electron chi connectivity index (χ0n) is 12.3. The Hall–Kier alpha value is -1.85. The molecule has 2 heterocycles. The van der Waals surface area contributed by atoms with Crippen LogP contribution in [0.2, 0.25) is 0 Å². The minimum atomic E-state index is -0.456. The summed E-state index contributed by atoms with van der Waals surface area (Å²) in [5, 5.41) is 21.2. The molecule has 0 aliphatic carbocycles. The molecule has 21 heavy (non-hydrogen) atoms. The van der Waals surface area contributed by atoms with Gasteiger partial charge in [-0.25, -0.2) is 4.68 Å². The summed E-state index contributed by atoms with van der Waals surface area (Å²) in [5.74, 6) is 1.58. The van der Waals surface area contributed by atoms with E-state index in [2.05, 4.69) is 15.7 Å². The Morgan fingerprint density at radius 3 is 3.00 bits per heavy atom. The lowest BCUT2D eigenvalue weighted by atomic mass is 10.1. The molecular weight excluding hydrogens is 264 g/mol. The smallest absolute Gasteiger partial charge is 0.124 e. The molecule has 1 aromatic heterocycles. The maximum absolute atomic E-state index is 10.2. The van der Waals surface area contributed by atoms with Crippen molar-refractivity contribution in [2.45, 2.75) is 19.6 Å². The van der Waals surface area contributed by atoms with Gasteiger partial charge in [0.2, 0.25) is 0 Å². The predicted octanol–water partition coefficient (Wildman–Crippen LogP) is 1.56. The van der Waals surface area contributed by atoms with E-state index in [1.165, 1.54) is 5.56 Å². The number of aliphatic hydroxyl groups is 1. The molecule has 3 rings (SSSR count). The first-order valence-corrected chi connectivity index (χ1v) is 7.43. The van der Waals surface area contributed by atoms with Gasteiger partial charge in [-0.3, -0.25) is 0 Å². The van der Waals surface area contributed by atoms with Gasteiger partial charge in [0, 0.05) is 38.2 Å². The van der Waals surface area contributed by atoms with E-state index < -0.39 is 6.10 Å². The van der Waals surface area contributed by atoms with Gasteiger partial charge in [0.15, 0.2) is 0 Å². The van der Waals surface area contributed by atoms with Crippen LogP contribution in [0.3, 0.4) is 0 Å². The van der Waals surface area contributed by atoms with Crippen LogP contribution in [0.15, 0.2) is 36.5 Å². The SMILES string of the molecule is Cc1ccc([C@H](O)CNC[C@@H]2CNc3ccnn3C2)cc1. The molecule has 0 saturated carbocycles. The Morgan fingerprint density at radius 2 is 2.19 bits per heavy atom. The molecule has 1 aromatic carbocycles. The highest BCUT2D eigenvalue weighted by Gasteiger charge is 2.18. The monoisotopic (exact) mass is 286 g/mol. The summed E-state index contributed by atoms with van der Waals surface area (Å²) < 4.78 is 1.99. The third-order valence-corrected chi connectivity index (χ3v) is 3.95. The molecule has 0 amide bonds. The van der Waals surface area contributed by atoms with Crippen LogP contribution in [0.1, 0.15) is 17.2 Å². The highest BCUT2D eigenvalue weighted by molar-refractivity contribution is 5.35. The lowest BCUT2D eigenvalue weighted by molar-refractivity contribution is 0.172. The third kappa shape index (κ3) is 3.43. The molecule has 2 atom stereocenters. The van der Waals surface area contributed by atoms with Crippen LogP contribution < -0.4 is 10.6 Å². The summed E-state index contributed by atoms with van der Waals surface area (Å²) in [7, 11) is 0. The molecule has 5 heteroatoms. The Bertz CT molecular complexity index is 578. The highest BCUT2D eigenvalue weighted by atomic mass is 16.3. The number of anilines is 1. The van der Waals surface area contributed by atoms with Gasteiger partial charge in [0.05, 0.1) is 12.3 Å². The second-order valence-corrected chi connectivity index (χ2v) is 5.73. The van der Waals surface area contributed by atoms with Crippen LogP contribution in [0.5, 0.6) is 0 Å². The van der Waals surface area contributed by atoms with Crippen molar-refractivity contribution < 1.29 is 5.11 Å². The lowest BCUT2D eigenvalue weighted by Gasteiger charge is -2.25. The summed E-state index contributed by atoms with van der Waals surface area (Å²) in [6, 6.07) is 10.0. The number of hydrogen-bond acceptors (Lipinski definition) is 4. The van der Waals surface area contributed by atoms with Crippen LogP contribution >= 0.6 is 0 Å². The topological polar surface area (TPSA) is 62.1 Å². The van der Waals surface area contributed by atoms with E-state index >= 15 is 0 Å². The maximum atomic E-state index is 10.2. The van der Waals surface area contributed by atoms with Crippen molar-refractivity contribution in [1.29, 1.82) is 0 Å². The van der Waals surface area contributed by atoms with Gasteiger partial charge in [-0.05, 0) is 12.5 Å². The van der Waals surface area contributed by atoms with Crippen molar-refractivity contribution in [3.63, 3.8) is 0 Å². The third-order valence-electron chi connectivity index (χ3n) is 3.95. The number of benzene rings is 1. The van der Waals surface area contributed by atoms with E-state index in [1.54, 1.807) is 0 Å². The number of aliphatic hydroxyl groups excluding tert-OH is 1. The van der Waals surface area contributed by atoms with E-state index in [0.717, 1.165) is 31.0 Å². The molecule has 0 saturated heterocycles. The fraction of sp³-hybridized carbons (Fsp3) is 0.438. The summed E-state index contributed by atoms with van der Waals surface area (Å²) in [6.07, 6.45) is 1.36. The molecule has 5 nitrogen and oxygen atoms in total. The molecule has 1 aliphatic heterocycles. The molecule has 3 N–H and O–H groups in total. The zero-order chi connectivity index (χ0) is 14.7. The van der Waals surface area contributed by atoms with Crippen LogP contribution in [-0.4, -0.2) is 34.5 Å². The van der Waals surface area contributed by atoms with E-state index in [9.17, 15) is 5.11 Å². The van der Waals surface area contributed by atoms with Crippen LogP contribution in [0, 0.1) is 12.8 Å². The van der Waals surface area contributed by atoms with Crippen molar-refractivity contribution in [1.82, 2.24) is 15.1 Å². The number of hydrogen-bond donors (Lipinski definition) is 3. The summed E-state index contributed by atoms with van der Waals surface area (Å²) in [5.41, 5.74) is 2.17. The first-order chi connectivity index (χ1) is 10.2. The summed E-state index contributed by atoms with van der Waals surface area (Å²) in [4.78, 5) is 0. The van der Waals surface area contributed by atoms with Crippen LogP contribution in [0.4, 0.5) is 5.82 Å². The Labute approximate surface area is 125 Å². The van der Waals surface area contributed by atoms with Gasteiger partial charge >= 0.3 is 0 Å². The number of nitrogens with one attached hydrogen (secondary N) is 2. The van der Waals surface area contributed by atoms with Crippen LogP contribution in [0.25, 0.3) is 0 Å². The fourth-order valence-electron chi connectivity index (χ4n) is 2.65. The second-order valence-electron chi connectivity index (χ2n) is 5.73. The second kappa shape index (κ2) is 6.28. The van der Waals surface area contributed by atoms with Gasteiger partial charge in [-0.2, -0.15) is 5.10 Å². The maximum Gasteiger partial charge on any atom is 0.124 e. The largest absolute Gasteiger partial charge is 0.387 e. The molecule has 1 aliphatic rings.